The molecule has 3 nitrogen and oxygen atoms in total. The molecule has 98 valence electrons. The number of rotatable bonds is 4. The number of hydrogen-bond donors (Lipinski definition) is 0. The molecule has 0 aromatic heterocycles. The van der Waals surface area contributed by atoms with Crippen molar-refractivity contribution in [3.8, 4) is 6.07 Å². The Kier molecular flexibility index (Phi) is 4.97. The van der Waals surface area contributed by atoms with Gasteiger partial charge in [0.1, 0.15) is 0 Å². The number of likely N-dealkylation sites (N-methyl/N-ethyl adjacent to an activating group) is 1. The van der Waals surface area contributed by atoms with Gasteiger partial charge in [-0.2, -0.15) is 5.26 Å². The molecule has 0 N–H and O–H groups in total. The molecule has 1 fully saturated rings. The minimum Gasteiger partial charge on any atom is -0.300 e. The van der Waals surface area contributed by atoms with Crippen LogP contribution in [0.5, 0.6) is 0 Å². The Morgan fingerprint density at radius 1 is 1.41 bits per heavy atom. The van der Waals surface area contributed by atoms with Crippen molar-refractivity contribution in [1.29, 1.82) is 5.26 Å². The molecule has 0 aliphatic carbocycles. The highest BCUT2D eigenvalue weighted by Crippen LogP contribution is 2.25. The zero-order chi connectivity index (χ0) is 13.1. The van der Waals surface area contributed by atoms with E-state index in [1.54, 1.807) is 0 Å². The summed E-state index contributed by atoms with van der Waals surface area (Å²) in [5.41, 5.74) is 0.177. The van der Waals surface area contributed by atoms with E-state index in [9.17, 15) is 0 Å². The second kappa shape index (κ2) is 5.84. The molecule has 1 unspecified atom stereocenters. The van der Waals surface area contributed by atoms with Crippen molar-refractivity contribution < 1.29 is 0 Å². The van der Waals surface area contributed by atoms with E-state index in [2.05, 4.69) is 50.6 Å². The Bertz CT molecular complexity index is 278. The first-order valence-electron chi connectivity index (χ1n) is 6.69. The molecular formula is C14H27N3. The van der Waals surface area contributed by atoms with Gasteiger partial charge in [-0.25, -0.2) is 0 Å². The van der Waals surface area contributed by atoms with E-state index in [4.69, 9.17) is 5.26 Å². The van der Waals surface area contributed by atoms with E-state index in [-0.39, 0.29) is 5.54 Å². The predicted octanol–water partition coefficient (Wildman–Crippen LogP) is 2.34. The van der Waals surface area contributed by atoms with Crippen LogP contribution in [0.25, 0.3) is 0 Å². The molecule has 1 rings (SSSR count). The smallest absolute Gasteiger partial charge is 0.0638 e. The minimum absolute atomic E-state index is 0.177. The fourth-order valence-electron chi connectivity index (χ4n) is 2.56. The maximum Gasteiger partial charge on any atom is 0.0638 e. The van der Waals surface area contributed by atoms with Crippen molar-refractivity contribution >= 4 is 0 Å². The van der Waals surface area contributed by atoms with Crippen LogP contribution in [-0.4, -0.2) is 48.1 Å². The maximum atomic E-state index is 8.92. The quantitative estimate of drug-likeness (QED) is 0.752. The van der Waals surface area contributed by atoms with Crippen molar-refractivity contribution in [2.24, 2.45) is 5.92 Å². The highest BCUT2D eigenvalue weighted by molar-refractivity contribution is 4.96. The fourth-order valence-corrected chi connectivity index (χ4v) is 2.56. The average Bonchev–Trinajstić information content (AvgIpc) is 2.22. The van der Waals surface area contributed by atoms with Crippen LogP contribution in [-0.2, 0) is 0 Å². The van der Waals surface area contributed by atoms with Crippen molar-refractivity contribution in [2.45, 2.75) is 52.1 Å². The Morgan fingerprint density at radius 2 is 2.06 bits per heavy atom. The van der Waals surface area contributed by atoms with Gasteiger partial charge < -0.3 is 0 Å². The molecule has 3 heteroatoms. The molecule has 0 bridgehead atoms. The molecule has 0 saturated carbocycles. The van der Waals surface area contributed by atoms with Gasteiger partial charge in [-0.1, -0.05) is 13.8 Å². The zero-order valence-corrected chi connectivity index (χ0v) is 12.0. The van der Waals surface area contributed by atoms with E-state index >= 15 is 0 Å². The van der Waals surface area contributed by atoms with Gasteiger partial charge in [0.05, 0.1) is 12.5 Å². The predicted molar refractivity (Wildman–Crippen MR) is 71.8 cm³/mol. The van der Waals surface area contributed by atoms with Crippen molar-refractivity contribution in [1.82, 2.24) is 9.80 Å². The van der Waals surface area contributed by atoms with E-state index in [0.717, 1.165) is 25.6 Å². The van der Waals surface area contributed by atoms with Crippen LogP contribution in [0.2, 0.25) is 0 Å². The number of hydrogen-bond acceptors (Lipinski definition) is 3. The highest BCUT2D eigenvalue weighted by Gasteiger charge is 2.36. The van der Waals surface area contributed by atoms with Crippen LogP contribution in [0.3, 0.4) is 0 Å². The minimum atomic E-state index is 0.177. The second-order valence-electron chi connectivity index (χ2n) is 6.36. The summed E-state index contributed by atoms with van der Waals surface area (Å²) in [6, 6.07) is 2.71. The largest absolute Gasteiger partial charge is 0.300 e. The van der Waals surface area contributed by atoms with Crippen LogP contribution < -0.4 is 0 Å². The average molecular weight is 237 g/mol. The standard InChI is InChI=1S/C14H27N3/c1-12(2)7-9-17-10-13(6-8-15)16(5)14(3,4)11-17/h12-13H,6-7,9-11H2,1-5H3. The molecule has 0 radical (unpaired) electrons. The van der Waals surface area contributed by atoms with E-state index in [1.165, 1.54) is 6.42 Å². The van der Waals surface area contributed by atoms with Crippen molar-refractivity contribution in [3.63, 3.8) is 0 Å². The van der Waals surface area contributed by atoms with Crippen LogP contribution in [0.4, 0.5) is 0 Å². The molecule has 0 aromatic rings. The first kappa shape index (κ1) is 14.5. The number of nitriles is 1. The zero-order valence-electron chi connectivity index (χ0n) is 12.0. The van der Waals surface area contributed by atoms with Gasteiger partial charge >= 0.3 is 0 Å². The third-order valence-electron chi connectivity index (χ3n) is 3.93. The molecule has 1 aliphatic rings. The molecule has 1 atom stereocenters. The number of piperazine rings is 1. The molecule has 1 saturated heterocycles. The maximum absolute atomic E-state index is 8.92. The summed E-state index contributed by atoms with van der Waals surface area (Å²) in [5, 5.41) is 8.92. The topological polar surface area (TPSA) is 30.3 Å². The lowest BCUT2D eigenvalue weighted by molar-refractivity contribution is -0.00587. The van der Waals surface area contributed by atoms with Gasteiger partial charge in [0.15, 0.2) is 0 Å². The molecule has 1 aliphatic heterocycles. The Hall–Kier alpha value is -0.590. The van der Waals surface area contributed by atoms with Gasteiger partial charge in [0, 0.05) is 24.7 Å². The lowest BCUT2D eigenvalue weighted by atomic mass is 9.94. The summed E-state index contributed by atoms with van der Waals surface area (Å²) in [4.78, 5) is 4.91. The third-order valence-corrected chi connectivity index (χ3v) is 3.93. The molecule has 17 heavy (non-hydrogen) atoms. The monoisotopic (exact) mass is 237 g/mol. The summed E-state index contributed by atoms with van der Waals surface area (Å²) in [6.45, 7) is 12.4. The lowest BCUT2D eigenvalue weighted by Gasteiger charge is -2.50. The van der Waals surface area contributed by atoms with Crippen LogP contribution in [0.1, 0.15) is 40.5 Å². The normalized spacial score (nSPS) is 26.1. The van der Waals surface area contributed by atoms with Gasteiger partial charge in [0.2, 0.25) is 0 Å². The lowest BCUT2D eigenvalue weighted by Crippen LogP contribution is -2.62. The summed E-state index contributed by atoms with van der Waals surface area (Å²) in [7, 11) is 2.15. The van der Waals surface area contributed by atoms with Gasteiger partial charge in [0.25, 0.3) is 0 Å². The molecule has 0 amide bonds. The Balaban J connectivity index is 2.61. The molecule has 0 aromatic carbocycles. The summed E-state index contributed by atoms with van der Waals surface area (Å²) < 4.78 is 0. The van der Waals surface area contributed by atoms with Crippen molar-refractivity contribution in [3.05, 3.63) is 0 Å². The second-order valence-corrected chi connectivity index (χ2v) is 6.36. The summed E-state index contributed by atoms with van der Waals surface area (Å²) in [5.74, 6) is 0.757. The summed E-state index contributed by atoms with van der Waals surface area (Å²) in [6.07, 6.45) is 1.89. The Morgan fingerprint density at radius 3 is 2.59 bits per heavy atom. The molecular weight excluding hydrogens is 210 g/mol. The van der Waals surface area contributed by atoms with Crippen molar-refractivity contribution in [2.75, 3.05) is 26.7 Å². The highest BCUT2D eigenvalue weighted by atomic mass is 15.3. The van der Waals surface area contributed by atoms with Crippen LogP contribution in [0.15, 0.2) is 0 Å². The van der Waals surface area contributed by atoms with Gasteiger partial charge in [-0.15, -0.1) is 0 Å². The Labute approximate surface area is 106 Å². The fraction of sp³-hybridized carbons (Fsp3) is 0.929. The third kappa shape index (κ3) is 3.97. The SMILES string of the molecule is CC(C)CCN1CC(CC#N)N(C)C(C)(C)C1. The van der Waals surface area contributed by atoms with Gasteiger partial charge in [-0.3, -0.25) is 9.80 Å². The van der Waals surface area contributed by atoms with Crippen LogP contribution in [0, 0.1) is 17.2 Å². The first-order chi connectivity index (χ1) is 7.86. The van der Waals surface area contributed by atoms with Crippen LogP contribution >= 0.6 is 0 Å². The molecule has 0 spiro atoms. The molecule has 1 heterocycles. The van der Waals surface area contributed by atoms with Gasteiger partial charge in [-0.05, 0) is 39.8 Å². The van der Waals surface area contributed by atoms with E-state index in [1.807, 2.05) is 0 Å². The first-order valence-corrected chi connectivity index (χ1v) is 6.69. The number of nitrogens with zero attached hydrogens (tertiary/aromatic N) is 3. The van der Waals surface area contributed by atoms with E-state index in [0.29, 0.717) is 12.5 Å². The summed E-state index contributed by atoms with van der Waals surface area (Å²) >= 11 is 0. The van der Waals surface area contributed by atoms with E-state index < -0.39 is 0 Å².